The highest BCUT2D eigenvalue weighted by atomic mass is 35.5. The highest BCUT2D eigenvalue weighted by Crippen LogP contribution is 2.41. The zero-order valence-electron chi connectivity index (χ0n) is 19.3. The summed E-state index contributed by atoms with van der Waals surface area (Å²) in [6, 6.07) is 14.5. The van der Waals surface area contributed by atoms with Crippen LogP contribution in [0.15, 0.2) is 67.1 Å². The van der Waals surface area contributed by atoms with Crippen molar-refractivity contribution >= 4 is 46.7 Å². The minimum atomic E-state index is 0.408. The fourth-order valence-electron chi connectivity index (χ4n) is 4.32. The zero-order chi connectivity index (χ0) is 25.4. The number of carbonyl (C=O) groups excluding carboxylic acids is 2. The van der Waals surface area contributed by atoms with E-state index in [4.69, 9.17) is 27.9 Å². The molecule has 3 aromatic heterocycles. The Kier molecular flexibility index (Phi) is 6.31. The molecule has 0 atom stereocenters. The smallest absolute Gasteiger partial charge is 0.153 e. The van der Waals surface area contributed by atoms with E-state index in [-0.39, 0.29) is 0 Å². The number of pyridine rings is 2. The largest absolute Gasteiger partial charge is 0.496 e. The van der Waals surface area contributed by atoms with Crippen LogP contribution in [0.3, 0.4) is 0 Å². The van der Waals surface area contributed by atoms with Gasteiger partial charge in [0, 0.05) is 64.4 Å². The first kappa shape index (κ1) is 23.7. The van der Waals surface area contributed by atoms with Crippen molar-refractivity contribution in [3.63, 3.8) is 0 Å². The summed E-state index contributed by atoms with van der Waals surface area (Å²) in [4.78, 5) is 31.7. The van der Waals surface area contributed by atoms with E-state index < -0.39 is 0 Å². The van der Waals surface area contributed by atoms with Crippen molar-refractivity contribution in [2.45, 2.75) is 0 Å². The number of aryl methyl sites for hydroxylation is 1. The van der Waals surface area contributed by atoms with Gasteiger partial charge < -0.3 is 9.30 Å². The highest BCUT2D eigenvalue weighted by Gasteiger charge is 2.18. The summed E-state index contributed by atoms with van der Waals surface area (Å²) in [6.07, 6.45) is 6.71. The zero-order valence-corrected chi connectivity index (χ0v) is 20.8. The second-order valence-electron chi connectivity index (χ2n) is 8.16. The fourth-order valence-corrected chi connectivity index (χ4v) is 4.96. The molecule has 36 heavy (non-hydrogen) atoms. The van der Waals surface area contributed by atoms with E-state index in [0.29, 0.717) is 55.0 Å². The number of fused-ring (bicyclic) bond motifs is 1. The van der Waals surface area contributed by atoms with Crippen molar-refractivity contribution in [1.29, 1.82) is 0 Å². The molecule has 2 aromatic carbocycles. The first-order chi connectivity index (χ1) is 17.5. The summed E-state index contributed by atoms with van der Waals surface area (Å²) in [6.45, 7) is 0. The molecule has 0 radical (unpaired) electrons. The Morgan fingerprint density at radius 2 is 1.39 bits per heavy atom. The molecule has 0 fully saturated rings. The Bertz CT molecular complexity index is 1660. The number of ether oxygens (including phenoxy) is 1. The number of halogens is 2. The summed E-state index contributed by atoms with van der Waals surface area (Å²) < 4.78 is 7.23. The summed E-state index contributed by atoms with van der Waals surface area (Å²) in [5.41, 5.74) is 6.00. The van der Waals surface area contributed by atoms with Crippen LogP contribution in [0.5, 0.6) is 5.75 Å². The van der Waals surface area contributed by atoms with Crippen molar-refractivity contribution in [3.05, 3.63) is 88.3 Å². The summed E-state index contributed by atoms with van der Waals surface area (Å²) in [7, 11) is 3.39. The SMILES string of the molecule is COc1cc(-c2nccc(-c3ccnc(-c4ccc5c(C=O)cn(C)c5c4)c3Cl)c2Cl)ccc1C=O. The molecule has 0 aliphatic carbocycles. The maximum absolute atomic E-state index is 11.4. The second kappa shape index (κ2) is 9.57. The Balaban J connectivity index is 1.62. The molecule has 6 nitrogen and oxygen atoms in total. The summed E-state index contributed by atoms with van der Waals surface area (Å²) in [5, 5.41) is 1.71. The van der Waals surface area contributed by atoms with Gasteiger partial charge in [0.05, 0.1) is 34.1 Å². The van der Waals surface area contributed by atoms with Crippen molar-refractivity contribution in [1.82, 2.24) is 14.5 Å². The molecule has 0 aliphatic heterocycles. The van der Waals surface area contributed by atoms with E-state index in [2.05, 4.69) is 9.97 Å². The third-order valence-electron chi connectivity index (χ3n) is 6.12. The lowest BCUT2D eigenvalue weighted by Crippen LogP contribution is -1.95. The van der Waals surface area contributed by atoms with Gasteiger partial charge in [0.25, 0.3) is 0 Å². The van der Waals surface area contributed by atoms with E-state index in [1.54, 1.807) is 48.9 Å². The van der Waals surface area contributed by atoms with Crippen LogP contribution in [0.25, 0.3) is 44.5 Å². The lowest BCUT2D eigenvalue weighted by Gasteiger charge is -2.14. The van der Waals surface area contributed by atoms with Gasteiger partial charge in [-0.3, -0.25) is 19.6 Å². The quantitative estimate of drug-likeness (QED) is 0.229. The minimum Gasteiger partial charge on any atom is -0.496 e. The van der Waals surface area contributed by atoms with Crippen LogP contribution in [0.2, 0.25) is 10.0 Å². The van der Waals surface area contributed by atoms with Crippen molar-refractivity contribution in [3.8, 4) is 39.4 Å². The topological polar surface area (TPSA) is 74.1 Å². The van der Waals surface area contributed by atoms with Gasteiger partial charge in [-0.2, -0.15) is 0 Å². The number of aromatic nitrogens is 3. The normalized spacial score (nSPS) is 11.0. The number of nitrogens with zero attached hydrogens (tertiary/aromatic N) is 3. The van der Waals surface area contributed by atoms with Gasteiger partial charge in [0.2, 0.25) is 0 Å². The standard InChI is InChI=1S/C28H19Cl2N3O3/c1-33-13-19(15-35)20-6-5-16(11-23(20)33)27-25(29)21(7-9-31-27)22-8-10-32-28(26(22)30)17-3-4-18(14-34)24(12-17)36-2/h3-15H,1-2H3. The number of benzene rings is 2. The lowest BCUT2D eigenvalue weighted by molar-refractivity contribution is 0.111. The third-order valence-corrected chi connectivity index (χ3v) is 6.89. The third kappa shape index (κ3) is 3.94. The minimum absolute atomic E-state index is 0.408. The molecule has 3 heterocycles. The Morgan fingerprint density at radius 3 is 1.97 bits per heavy atom. The van der Waals surface area contributed by atoms with Crippen LogP contribution in [0, 0.1) is 0 Å². The van der Waals surface area contributed by atoms with Crippen molar-refractivity contribution < 1.29 is 14.3 Å². The Hall–Kier alpha value is -4.00. The number of aldehydes is 2. The molecular formula is C28H19Cl2N3O3. The van der Waals surface area contributed by atoms with E-state index in [1.807, 2.05) is 29.8 Å². The first-order valence-electron chi connectivity index (χ1n) is 10.9. The maximum atomic E-state index is 11.4. The molecule has 5 rings (SSSR count). The van der Waals surface area contributed by atoms with Gasteiger partial charge in [-0.1, -0.05) is 41.4 Å². The van der Waals surface area contributed by atoms with E-state index >= 15 is 0 Å². The highest BCUT2D eigenvalue weighted by molar-refractivity contribution is 6.39. The van der Waals surface area contributed by atoms with Crippen LogP contribution in [0.1, 0.15) is 20.7 Å². The molecule has 0 saturated carbocycles. The van der Waals surface area contributed by atoms with E-state index in [9.17, 15) is 9.59 Å². The molecule has 0 bridgehead atoms. The average Bonchev–Trinajstić information content (AvgIpc) is 3.23. The number of hydrogen-bond acceptors (Lipinski definition) is 5. The predicted octanol–water partition coefficient (Wildman–Crippen LogP) is 6.91. The molecule has 5 aromatic rings. The van der Waals surface area contributed by atoms with Gasteiger partial charge in [0.1, 0.15) is 5.75 Å². The molecule has 0 aliphatic rings. The maximum Gasteiger partial charge on any atom is 0.153 e. The second-order valence-corrected chi connectivity index (χ2v) is 8.92. The monoisotopic (exact) mass is 515 g/mol. The van der Waals surface area contributed by atoms with Gasteiger partial charge in [0.15, 0.2) is 12.6 Å². The van der Waals surface area contributed by atoms with Gasteiger partial charge in [-0.15, -0.1) is 0 Å². The van der Waals surface area contributed by atoms with Gasteiger partial charge in [-0.25, -0.2) is 0 Å². The molecule has 0 spiro atoms. The Morgan fingerprint density at radius 1 is 0.806 bits per heavy atom. The molecule has 0 amide bonds. The lowest BCUT2D eigenvalue weighted by atomic mass is 10.0. The van der Waals surface area contributed by atoms with Crippen LogP contribution in [-0.4, -0.2) is 34.2 Å². The van der Waals surface area contributed by atoms with Crippen LogP contribution < -0.4 is 4.74 Å². The van der Waals surface area contributed by atoms with Crippen molar-refractivity contribution in [2.75, 3.05) is 7.11 Å². The Labute approximate surface area is 217 Å². The van der Waals surface area contributed by atoms with Gasteiger partial charge in [-0.05, 0) is 30.3 Å². The van der Waals surface area contributed by atoms with Crippen molar-refractivity contribution in [2.24, 2.45) is 7.05 Å². The first-order valence-corrected chi connectivity index (χ1v) is 11.7. The number of rotatable bonds is 6. The fraction of sp³-hybridized carbons (Fsp3) is 0.0714. The molecule has 0 N–H and O–H groups in total. The van der Waals surface area contributed by atoms with Gasteiger partial charge >= 0.3 is 0 Å². The number of carbonyl (C=O) groups is 2. The summed E-state index contributed by atoms with van der Waals surface area (Å²) in [5.74, 6) is 0.434. The molecule has 0 unspecified atom stereocenters. The van der Waals surface area contributed by atoms with E-state index in [0.717, 1.165) is 29.0 Å². The van der Waals surface area contributed by atoms with Crippen LogP contribution in [0.4, 0.5) is 0 Å². The van der Waals surface area contributed by atoms with E-state index in [1.165, 1.54) is 7.11 Å². The molecular weight excluding hydrogens is 497 g/mol. The molecule has 8 heteroatoms. The molecule has 0 saturated heterocycles. The molecule has 178 valence electrons. The average molecular weight is 516 g/mol. The van der Waals surface area contributed by atoms with Crippen LogP contribution >= 0.6 is 23.2 Å². The predicted molar refractivity (Wildman–Crippen MR) is 142 cm³/mol. The van der Waals surface area contributed by atoms with Crippen LogP contribution in [-0.2, 0) is 7.05 Å². The summed E-state index contributed by atoms with van der Waals surface area (Å²) >= 11 is 13.7. The number of methoxy groups -OCH3 is 1. The number of hydrogen-bond donors (Lipinski definition) is 0.